The first-order valence-corrected chi connectivity index (χ1v) is 7.67. The molecule has 2 aliphatic rings. The molecule has 7 nitrogen and oxygen atoms in total. The molecule has 7 heteroatoms. The molecule has 0 saturated carbocycles. The third-order valence-electron chi connectivity index (χ3n) is 4.50. The minimum Gasteiger partial charge on any atom is -0.383 e. The first kappa shape index (κ1) is 15.2. The number of ether oxygens (including phenoxy) is 2. The smallest absolute Gasteiger partial charge is 0.230 e. The Kier molecular flexibility index (Phi) is 4.54. The van der Waals surface area contributed by atoms with Crippen molar-refractivity contribution in [3.8, 4) is 0 Å². The minimum absolute atomic E-state index is 0.0185. The second kappa shape index (κ2) is 6.58. The average molecular weight is 306 g/mol. The highest BCUT2D eigenvalue weighted by atomic mass is 16.5. The zero-order valence-corrected chi connectivity index (χ0v) is 12.8. The van der Waals surface area contributed by atoms with Crippen molar-refractivity contribution < 1.29 is 14.3 Å². The fourth-order valence-electron chi connectivity index (χ4n) is 3.34. The quantitative estimate of drug-likeness (QED) is 0.785. The number of amides is 1. The Hall–Kier alpha value is -1.73. The molecule has 0 aliphatic carbocycles. The number of carbonyl (C=O) groups excluding carboxylic acids is 1. The maximum atomic E-state index is 12.7. The van der Waals surface area contributed by atoms with E-state index in [1.165, 1.54) is 0 Å². The molecule has 22 heavy (non-hydrogen) atoms. The van der Waals surface area contributed by atoms with Crippen LogP contribution in [0.2, 0.25) is 0 Å². The van der Waals surface area contributed by atoms with Gasteiger partial charge >= 0.3 is 0 Å². The molecule has 0 aromatic carbocycles. The van der Waals surface area contributed by atoms with Gasteiger partial charge in [0.15, 0.2) is 0 Å². The maximum Gasteiger partial charge on any atom is 0.230 e. The molecule has 3 heterocycles. The van der Waals surface area contributed by atoms with Gasteiger partial charge in [0.05, 0.1) is 18.1 Å². The van der Waals surface area contributed by atoms with Gasteiger partial charge in [0.25, 0.3) is 0 Å². The molecule has 1 amide bonds. The van der Waals surface area contributed by atoms with Crippen molar-refractivity contribution >= 4 is 11.9 Å². The molecule has 2 atom stereocenters. The third-order valence-corrected chi connectivity index (χ3v) is 4.50. The van der Waals surface area contributed by atoms with Crippen LogP contribution < -0.4 is 10.2 Å². The van der Waals surface area contributed by atoms with Gasteiger partial charge in [-0.25, -0.2) is 9.97 Å². The fraction of sp³-hybridized carbons (Fsp3) is 0.667. The van der Waals surface area contributed by atoms with Crippen molar-refractivity contribution in [3.63, 3.8) is 0 Å². The molecule has 3 rings (SSSR count). The molecule has 2 fully saturated rings. The topological polar surface area (TPSA) is 76.6 Å². The van der Waals surface area contributed by atoms with Crippen molar-refractivity contribution in [2.45, 2.75) is 18.9 Å². The third kappa shape index (κ3) is 2.78. The number of aromatic nitrogens is 2. The molecule has 0 spiro atoms. The molecule has 0 radical (unpaired) electrons. The molecule has 1 aromatic rings. The van der Waals surface area contributed by atoms with Gasteiger partial charge < -0.3 is 19.7 Å². The summed E-state index contributed by atoms with van der Waals surface area (Å²) in [4.78, 5) is 23.4. The van der Waals surface area contributed by atoms with E-state index < -0.39 is 5.41 Å². The van der Waals surface area contributed by atoms with Crippen LogP contribution in [0, 0.1) is 5.41 Å². The van der Waals surface area contributed by atoms with Crippen LogP contribution in [0.3, 0.4) is 0 Å². The van der Waals surface area contributed by atoms with Crippen molar-refractivity contribution in [3.05, 3.63) is 18.5 Å². The number of fused-ring (bicyclic) bond motifs is 1. The lowest BCUT2D eigenvalue weighted by atomic mass is 9.75. The Morgan fingerprint density at radius 3 is 3.14 bits per heavy atom. The van der Waals surface area contributed by atoms with Gasteiger partial charge in [0.1, 0.15) is 0 Å². The zero-order valence-electron chi connectivity index (χ0n) is 12.8. The summed E-state index contributed by atoms with van der Waals surface area (Å²) in [5.74, 6) is 0.726. The number of hydrogen-bond acceptors (Lipinski definition) is 6. The van der Waals surface area contributed by atoms with Gasteiger partial charge in [-0.2, -0.15) is 0 Å². The zero-order chi connectivity index (χ0) is 15.4. The van der Waals surface area contributed by atoms with Crippen LogP contribution in [0.15, 0.2) is 18.5 Å². The van der Waals surface area contributed by atoms with E-state index in [0.717, 1.165) is 19.4 Å². The van der Waals surface area contributed by atoms with E-state index in [9.17, 15) is 4.79 Å². The molecule has 1 aromatic heterocycles. The van der Waals surface area contributed by atoms with Crippen LogP contribution >= 0.6 is 0 Å². The summed E-state index contributed by atoms with van der Waals surface area (Å²) < 4.78 is 10.8. The SMILES string of the molecule is COCCNC(=O)[C@]12CCO[C@H]1CCN(c1ncccn1)C2. The predicted octanol–water partition coefficient (Wildman–Crippen LogP) is 0.225. The van der Waals surface area contributed by atoms with Crippen LogP contribution in [-0.4, -0.2) is 61.9 Å². The molecule has 120 valence electrons. The highest BCUT2D eigenvalue weighted by molar-refractivity contribution is 5.84. The summed E-state index contributed by atoms with van der Waals surface area (Å²) in [6.07, 6.45) is 4.99. The van der Waals surface area contributed by atoms with E-state index in [4.69, 9.17) is 9.47 Å². The summed E-state index contributed by atoms with van der Waals surface area (Å²) in [5, 5.41) is 2.98. The number of piperidine rings is 1. The van der Waals surface area contributed by atoms with Crippen LogP contribution in [0.25, 0.3) is 0 Å². The second-order valence-electron chi connectivity index (χ2n) is 5.77. The molecule has 2 saturated heterocycles. The van der Waals surface area contributed by atoms with Gasteiger partial charge in [-0.1, -0.05) is 0 Å². The van der Waals surface area contributed by atoms with E-state index in [2.05, 4.69) is 20.2 Å². The highest BCUT2D eigenvalue weighted by Crippen LogP contribution is 2.41. The van der Waals surface area contributed by atoms with Gasteiger partial charge in [0.2, 0.25) is 11.9 Å². The van der Waals surface area contributed by atoms with E-state index in [1.54, 1.807) is 25.6 Å². The summed E-state index contributed by atoms with van der Waals surface area (Å²) in [5.41, 5.74) is -0.509. The average Bonchev–Trinajstić information content (AvgIpc) is 3.00. The Bertz CT molecular complexity index is 513. The van der Waals surface area contributed by atoms with Gasteiger partial charge in [-0.15, -0.1) is 0 Å². The van der Waals surface area contributed by atoms with Crippen LogP contribution in [0.4, 0.5) is 5.95 Å². The second-order valence-corrected chi connectivity index (χ2v) is 5.77. The standard InChI is InChI=1S/C15H22N4O3/c1-21-10-7-16-13(20)15-4-9-22-12(15)3-8-19(11-15)14-17-5-2-6-18-14/h2,5-6,12H,3-4,7-11H2,1H3,(H,16,20)/t12-,15-/m0/s1. The highest BCUT2D eigenvalue weighted by Gasteiger charge is 2.53. The van der Waals surface area contributed by atoms with Gasteiger partial charge in [-0.3, -0.25) is 4.79 Å². The molecule has 0 unspecified atom stereocenters. The molecule has 1 N–H and O–H groups in total. The van der Waals surface area contributed by atoms with Gasteiger partial charge in [0, 0.05) is 45.7 Å². The summed E-state index contributed by atoms with van der Waals surface area (Å²) in [7, 11) is 1.63. The molecule has 0 bridgehead atoms. The Morgan fingerprint density at radius 1 is 1.55 bits per heavy atom. The normalized spacial score (nSPS) is 27.5. The first-order chi connectivity index (χ1) is 10.8. The monoisotopic (exact) mass is 306 g/mol. The van der Waals surface area contributed by atoms with E-state index in [-0.39, 0.29) is 12.0 Å². The first-order valence-electron chi connectivity index (χ1n) is 7.67. The van der Waals surface area contributed by atoms with Crippen LogP contribution in [0.5, 0.6) is 0 Å². The minimum atomic E-state index is -0.509. The summed E-state index contributed by atoms with van der Waals surface area (Å²) >= 11 is 0. The number of rotatable bonds is 5. The number of anilines is 1. The predicted molar refractivity (Wildman–Crippen MR) is 80.5 cm³/mol. The Labute approximate surface area is 130 Å². The van der Waals surface area contributed by atoms with Crippen molar-refractivity contribution in [1.29, 1.82) is 0 Å². The summed E-state index contributed by atoms with van der Waals surface area (Å²) in [6.45, 7) is 3.07. The maximum absolute atomic E-state index is 12.7. The number of carbonyl (C=O) groups is 1. The molecular weight excluding hydrogens is 284 g/mol. The van der Waals surface area contributed by atoms with E-state index >= 15 is 0 Å². The van der Waals surface area contributed by atoms with Crippen molar-refractivity contribution in [2.75, 3.05) is 44.9 Å². The summed E-state index contributed by atoms with van der Waals surface area (Å²) in [6, 6.07) is 1.79. The number of methoxy groups -OCH3 is 1. The number of nitrogens with zero attached hydrogens (tertiary/aromatic N) is 3. The lowest BCUT2D eigenvalue weighted by molar-refractivity contribution is -0.135. The number of nitrogens with one attached hydrogen (secondary N) is 1. The van der Waals surface area contributed by atoms with Crippen LogP contribution in [-0.2, 0) is 14.3 Å². The lowest BCUT2D eigenvalue weighted by Gasteiger charge is -2.42. The molecular formula is C15H22N4O3. The van der Waals surface area contributed by atoms with E-state index in [1.807, 2.05) is 0 Å². The lowest BCUT2D eigenvalue weighted by Crippen LogP contribution is -2.57. The van der Waals surface area contributed by atoms with E-state index in [0.29, 0.717) is 32.3 Å². The van der Waals surface area contributed by atoms with Crippen molar-refractivity contribution in [1.82, 2.24) is 15.3 Å². The number of hydrogen-bond donors (Lipinski definition) is 1. The molecule has 2 aliphatic heterocycles. The Balaban J connectivity index is 1.75. The van der Waals surface area contributed by atoms with Gasteiger partial charge in [-0.05, 0) is 18.9 Å². The largest absolute Gasteiger partial charge is 0.383 e. The fourth-order valence-corrected chi connectivity index (χ4v) is 3.34. The Morgan fingerprint density at radius 2 is 2.36 bits per heavy atom. The van der Waals surface area contributed by atoms with Crippen molar-refractivity contribution in [2.24, 2.45) is 5.41 Å². The van der Waals surface area contributed by atoms with Crippen LogP contribution in [0.1, 0.15) is 12.8 Å².